The molecule has 2 aromatic heterocycles. The third-order valence-corrected chi connectivity index (χ3v) is 5.61. The van der Waals surface area contributed by atoms with E-state index in [-0.39, 0.29) is 22.5 Å². The number of oxazole rings is 1. The third-order valence-electron chi connectivity index (χ3n) is 5.61. The summed E-state index contributed by atoms with van der Waals surface area (Å²) in [4.78, 5) is 45.3. The topological polar surface area (TPSA) is 109 Å². The fourth-order valence-corrected chi connectivity index (χ4v) is 3.99. The molecule has 32 heavy (non-hydrogen) atoms. The summed E-state index contributed by atoms with van der Waals surface area (Å²) in [6.45, 7) is 1.10. The van der Waals surface area contributed by atoms with Crippen LogP contribution in [-0.4, -0.2) is 63.3 Å². The Morgan fingerprint density at radius 1 is 1.22 bits per heavy atom. The zero-order chi connectivity index (χ0) is 23.0. The molecule has 166 valence electrons. The Bertz CT molecular complexity index is 1270. The predicted octanol–water partition coefficient (Wildman–Crippen LogP) is 1.90. The number of aliphatic hydroxyl groups excluding tert-OH is 1. The number of aryl methyl sites for hydroxylation is 1. The van der Waals surface area contributed by atoms with Gasteiger partial charge in [-0.25, -0.2) is 4.79 Å². The van der Waals surface area contributed by atoms with Crippen LogP contribution in [0.15, 0.2) is 57.5 Å². The fraction of sp³-hybridized carbons (Fsp3) is 0.304. The molecular formula is C23H24N4O5. The molecule has 0 aliphatic carbocycles. The molecule has 9 nitrogen and oxygen atoms in total. The van der Waals surface area contributed by atoms with Crippen LogP contribution in [0, 0.1) is 0 Å². The number of hydrogen-bond donors (Lipinski definition) is 1. The van der Waals surface area contributed by atoms with Crippen LogP contribution in [0.1, 0.15) is 23.6 Å². The van der Waals surface area contributed by atoms with Gasteiger partial charge in [-0.2, -0.15) is 0 Å². The summed E-state index contributed by atoms with van der Waals surface area (Å²) >= 11 is 0. The zero-order valence-electron chi connectivity index (χ0n) is 18.1. The molecule has 9 heteroatoms. The van der Waals surface area contributed by atoms with Crippen LogP contribution in [-0.2, 0) is 16.6 Å². The molecule has 3 aromatic rings. The van der Waals surface area contributed by atoms with Gasteiger partial charge < -0.3 is 19.3 Å². The third kappa shape index (κ3) is 3.71. The van der Waals surface area contributed by atoms with E-state index in [0.29, 0.717) is 24.0 Å². The number of likely N-dealkylation sites (tertiary alicyclic amines) is 1. The molecule has 1 aliphatic rings. The molecule has 3 heterocycles. The number of nitrogens with zero attached hydrogens (tertiary/aromatic N) is 4. The van der Waals surface area contributed by atoms with E-state index in [9.17, 15) is 19.5 Å². The average Bonchev–Trinajstić information content (AvgIpc) is 3.20. The maximum Gasteiger partial charge on any atom is 0.419 e. The van der Waals surface area contributed by atoms with E-state index in [4.69, 9.17) is 4.42 Å². The van der Waals surface area contributed by atoms with E-state index in [1.54, 1.807) is 43.7 Å². The molecule has 0 bridgehead atoms. The lowest BCUT2D eigenvalue weighted by molar-refractivity contribution is -0.139. The fourth-order valence-electron chi connectivity index (χ4n) is 3.99. The number of carbonyl (C=O) groups excluding carboxylic acids is 2. The number of hydrogen-bond acceptors (Lipinski definition) is 7. The predicted molar refractivity (Wildman–Crippen MR) is 118 cm³/mol. The molecule has 1 saturated heterocycles. The van der Waals surface area contributed by atoms with E-state index in [1.165, 1.54) is 15.5 Å². The number of fused-ring (bicyclic) bond motifs is 1. The molecule has 4 rings (SSSR count). The van der Waals surface area contributed by atoms with Gasteiger partial charge in [0.05, 0.1) is 17.1 Å². The SMILES string of the molecule is CN(C)CCCN1C(=O)C(=O)C(=C(O)c2ccc3c(c2)oc(=O)n3C)[C@@H]1c1cccnc1. The Kier molecular flexibility index (Phi) is 5.67. The highest BCUT2D eigenvalue weighted by molar-refractivity contribution is 6.46. The number of ketones is 1. The van der Waals surface area contributed by atoms with Crippen molar-refractivity contribution in [3.8, 4) is 0 Å². The number of aromatic nitrogens is 2. The standard InChI is InChI=1S/C23H24N4O5/c1-25(2)10-5-11-27-19(15-6-4-9-24-13-15)18(21(29)22(27)30)20(28)14-7-8-16-17(12-14)32-23(31)26(16)3/h4,6-9,12-13,19,28H,5,10-11H2,1-3H3/t19-/m0/s1. The van der Waals surface area contributed by atoms with Gasteiger partial charge in [-0.1, -0.05) is 6.07 Å². The van der Waals surface area contributed by atoms with Crippen molar-refractivity contribution < 1.29 is 19.1 Å². The molecule has 0 unspecified atom stereocenters. The molecule has 1 aliphatic heterocycles. The van der Waals surface area contributed by atoms with Crippen molar-refractivity contribution in [1.29, 1.82) is 0 Å². The largest absolute Gasteiger partial charge is 0.507 e. The molecule has 0 spiro atoms. The van der Waals surface area contributed by atoms with Crippen LogP contribution >= 0.6 is 0 Å². The van der Waals surface area contributed by atoms with Gasteiger partial charge in [-0.15, -0.1) is 0 Å². The van der Waals surface area contributed by atoms with Gasteiger partial charge in [0, 0.05) is 31.5 Å². The first kappa shape index (κ1) is 21.5. The number of benzene rings is 1. The summed E-state index contributed by atoms with van der Waals surface area (Å²) in [7, 11) is 5.45. The van der Waals surface area contributed by atoms with Crippen LogP contribution < -0.4 is 5.76 Å². The highest BCUT2D eigenvalue weighted by Gasteiger charge is 2.45. The summed E-state index contributed by atoms with van der Waals surface area (Å²) in [6, 6.07) is 7.44. The normalized spacial score (nSPS) is 18.2. The van der Waals surface area contributed by atoms with Crippen molar-refractivity contribution in [2.75, 3.05) is 27.2 Å². The summed E-state index contributed by atoms with van der Waals surface area (Å²) in [6.07, 6.45) is 3.85. The molecule has 0 saturated carbocycles. The average molecular weight is 436 g/mol. The molecular weight excluding hydrogens is 412 g/mol. The maximum absolute atomic E-state index is 13.0. The van der Waals surface area contributed by atoms with Crippen LogP contribution in [0.25, 0.3) is 16.9 Å². The van der Waals surface area contributed by atoms with Crippen molar-refractivity contribution in [2.24, 2.45) is 7.05 Å². The monoisotopic (exact) mass is 436 g/mol. The lowest BCUT2D eigenvalue weighted by Gasteiger charge is -2.25. The lowest BCUT2D eigenvalue weighted by atomic mass is 9.96. The quantitative estimate of drug-likeness (QED) is 0.357. The smallest absolute Gasteiger partial charge is 0.419 e. The Hall–Kier alpha value is -3.72. The van der Waals surface area contributed by atoms with E-state index in [2.05, 4.69) is 4.98 Å². The first-order valence-electron chi connectivity index (χ1n) is 10.2. The van der Waals surface area contributed by atoms with Crippen molar-refractivity contribution in [2.45, 2.75) is 12.5 Å². The second-order valence-electron chi connectivity index (χ2n) is 8.05. The summed E-state index contributed by atoms with van der Waals surface area (Å²) in [5, 5.41) is 11.1. The lowest BCUT2D eigenvalue weighted by Crippen LogP contribution is -2.32. The van der Waals surface area contributed by atoms with Gasteiger partial charge in [-0.3, -0.25) is 19.1 Å². The van der Waals surface area contributed by atoms with E-state index < -0.39 is 23.5 Å². The van der Waals surface area contributed by atoms with Crippen molar-refractivity contribution in [3.63, 3.8) is 0 Å². The molecule has 1 aromatic carbocycles. The second kappa shape index (κ2) is 8.43. The van der Waals surface area contributed by atoms with Gasteiger partial charge in [0.1, 0.15) is 5.76 Å². The van der Waals surface area contributed by atoms with Gasteiger partial charge in [0.25, 0.3) is 11.7 Å². The van der Waals surface area contributed by atoms with E-state index in [0.717, 1.165) is 6.54 Å². The zero-order valence-corrected chi connectivity index (χ0v) is 18.1. The Morgan fingerprint density at radius 2 is 2.00 bits per heavy atom. The van der Waals surface area contributed by atoms with Crippen molar-refractivity contribution in [1.82, 2.24) is 19.4 Å². The van der Waals surface area contributed by atoms with Crippen LogP contribution in [0.4, 0.5) is 0 Å². The highest BCUT2D eigenvalue weighted by atomic mass is 16.4. The Labute approximate surface area is 184 Å². The number of pyridine rings is 1. The van der Waals surface area contributed by atoms with E-state index in [1.807, 2.05) is 19.0 Å². The maximum atomic E-state index is 13.0. The number of aliphatic hydroxyl groups is 1. The molecule has 1 fully saturated rings. The molecule has 1 amide bonds. The van der Waals surface area contributed by atoms with Crippen molar-refractivity contribution in [3.05, 3.63) is 70.0 Å². The number of carbonyl (C=O) groups is 2. The summed E-state index contributed by atoms with van der Waals surface area (Å²) in [5.74, 6) is -2.26. The molecule has 0 radical (unpaired) electrons. The van der Waals surface area contributed by atoms with Crippen LogP contribution in [0.3, 0.4) is 0 Å². The van der Waals surface area contributed by atoms with Crippen LogP contribution in [0.5, 0.6) is 0 Å². The highest BCUT2D eigenvalue weighted by Crippen LogP contribution is 2.39. The van der Waals surface area contributed by atoms with Gasteiger partial charge in [0.2, 0.25) is 0 Å². The summed E-state index contributed by atoms with van der Waals surface area (Å²) < 4.78 is 6.55. The van der Waals surface area contributed by atoms with Crippen LogP contribution in [0.2, 0.25) is 0 Å². The Balaban J connectivity index is 1.82. The number of Topliss-reactive ketones (excluding diaryl/α,β-unsaturated/α-hetero) is 1. The Morgan fingerprint density at radius 3 is 2.69 bits per heavy atom. The van der Waals surface area contributed by atoms with Crippen molar-refractivity contribution >= 4 is 28.5 Å². The second-order valence-corrected chi connectivity index (χ2v) is 8.05. The van der Waals surface area contributed by atoms with E-state index >= 15 is 0 Å². The molecule has 1 atom stereocenters. The first-order valence-corrected chi connectivity index (χ1v) is 10.2. The minimum absolute atomic E-state index is 0.00881. The van der Waals surface area contributed by atoms with Gasteiger partial charge in [-0.05, 0) is 56.9 Å². The van der Waals surface area contributed by atoms with Gasteiger partial charge >= 0.3 is 5.76 Å². The first-order chi connectivity index (χ1) is 15.3. The number of amides is 1. The van der Waals surface area contributed by atoms with Gasteiger partial charge in [0.15, 0.2) is 5.58 Å². The molecule has 1 N–H and O–H groups in total. The minimum atomic E-state index is -0.760. The minimum Gasteiger partial charge on any atom is -0.507 e. The summed E-state index contributed by atoms with van der Waals surface area (Å²) in [5.41, 5.74) is 1.74. The number of rotatable bonds is 6.